The molecule has 0 spiro atoms. The topological polar surface area (TPSA) is 134 Å². The number of para-hydroxylation sites is 1. The van der Waals surface area contributed by atoms with Gasteiger partial charge in [-0.25, -0.2) is 14.5 Å². The van der Waals surface area contributed by atoms with E-state index in [0.717, 1.165) is 16.9 Å². The number of rotatable bonds is 9. The summed E-state index contributed by atoms with van der Waals surface area (Å²) in [5, 5.41) is 13.9. The first-order chi connectivity index (χ1) is 15.8. The minimum absolute atomic E-state index is 0.0111. The van der Waals surface area contributed by atoms with Crippen LogP contribution < -0.4 is 20.1 Å². The highest BCUT2D eigenvalue weighted by Gasteiger charge is 2.35. The number of nitrogens with zero attached hydrogens (tertiary/aromatic N) is 1. The first kappa shape index (κ1) is 23.3. The number of aliphatic carboxylic acids is 1. The minimum atomic E-state index is -1.13. The van der Waals surface area contributed by atoms with Crippen molar-refractivity contribution in [3.05, 3.63) is 59.3 Å². The van der Waals surface area contributed by atoms with Crippen LogP contribution in [0, 0.1) is 0 Å². The normalized spacial score (nSPS) is 14.2. The summed E-state index contributed by atoms with van der Waals surface area (Å²) in [6.45, 7) is 0.982. The lowest BCUT2D eigenvalue weighted by molar-refractivity contribution is -0.139. The van der Waals surface area contributed by atoms with Crippen molar-refractivity contribution in [1.82, 2.24) is 10.2 Å². The van der Waals surface area contributed by atoms with E-state index in [0.29, 0.717) is 11.3 Å². The van der Waals surface area contributed by atoms with Gasteiger partial charge >= 0.3 is 12.0 Å². The Morgan fingerprint density at radius 1 is 1.15 bits per heavy atom. The maximum absolute atomic E-state index is 12.7. The number of anilines is 1. The van der Waals surface area contributed by atoms with Crippen LogP contribution in [0.2, 0.25) is 0 Å². The zero-order chi connectivity index (χ0) is 24.0. The molecule has 1 fully saturated rings. The fourth-order valence-corrected chi connectivity index (χ4v) is 3.20. The van der Waals surface area contributed by atoms with Crippen LogP contribution in [0.1, 0.15) is 18.1 Å². The molecule has 0 bridgehead atoms. The molecular weight excluding hydrogens is 430 g/mol. The first-order valence-electron chi connectivity index (χ1n) is 10.1. The maximum Gasteiger partial charge on any atom is 0.341 e. The monoisotopic (exact) mass is 453 g/mol. The highest BCUT2D eigenvalue weighted by Crippen LogP contribution is 2.29. The molecule has 1 heterocycles. The van der Waals surface area contributed by atoms with Gasteiger partial charge in [0.1, 0.15) is 12.2 Å². The van der Waals surface area contributed by atoms with Crippen LogP contribution in [0.3, 0.4) is 0 Å². The van der Waals surface area contributed by atoms with Crippen molar-refractivity contribution in [3.63, 3.8) is 0 Å². The molecular formula is C23H23N3O7. The fraction of sp³-hybridized carbons (Fsp3) is 0.217. The van der Waals surface area contributed by atoms with Crippen molar-refractivity contribution >= 4 is 35.6 Å². The average Bonchev–Trinajstić information content (AvgIpc) is 3.05. The Balaban J connectivity index is 1.71. The number of benzene rings is 2. The van der Waals surface area contributed by atoms with E-state index < -0.39 is 37.0 Å². The lowest BCUT2D eigenvalue weighted by atomic mass is 10.1. The van der Waals surface area contributed by atoms with E-state index in [9.17, 15) is 19.2 Å². The number of aryl methyl sites for hydroxylation is 1. The van der Waals surface area contributed by atoms with Crippen LogP contribution in [0.15, 0.2) is 48.2 Å². The summed E-state index contributed by atoms with van der Waals surface area (Å²) in [5.74, 6) is -1.81. The van der Waals surface area contributed by atoms with E-state index in [-0.39, 0.29) is 17.2 Å². The molecule has 0 radical (unpaired) electrons. The van der Waals surface area contributed by atoms with Crippen LogP contribution in [0.4, 0.5) is 10.5 Å². The van der Waals surface area contributed by atoms with Crippen molar-refractivity contribution in [1.29, 1.82) is 0 Å². The summed E-state index contributed by atoms with van der Waals surface area (Å²) in [4.78, 5) is 49.0. The van der Waals surface area contributed by atoms with Crippen molar-refractivity contribution in [2.45, 2.75) is 13.3 Å². The summed E-state index contributed by atoms with van der Waals surface area (Å²) in [6.07, 6.45) is 2.14. The Hall–Kier alpha value is -4.34. The number of hydrogen-bond acceptors (Lipinski definition) is 6. The van der Waals surface area contributed by atoms with Gasteiger partial charge < -0.3 is 25.2 Å². The van der Waals surface area contributed by atoms with Gasteiger partial charge in [-0.3, -0.25) is 9.59 Å². The molecule has 1 aliphatic heterocycles. The van der Waals surface area contributed by atoms with E-state index in [1.807, 2.05) is 19.1 Å². The molecule has 172 valence electrons. The summed E-state index contributed by atoms with van der Waals surface area (Å²) in [5.41, 5.74) is 2.06. The van der Waals surface area contributed by atoms with Gasteiger partial charge in [-0.1, -0.05) is 31.2 Å². The SMILES string of the molecule is CCc1ccccc1NC(=O)CN1C(=O)N/C(=C/c2ccc(OCC(=O)O)c(OC)c2)C1=O. The van der Waals surface area contributed by atoms with Crippen LogP contribution in [-0.4, -0.2) is 54.1 Å². The van der Waals surface area contributed by atoms with Crippen molar-refractivity contribution in [2.24, 2.45) is 0 Å². The predicted octanol–water partition coefficient (Wildman–Crippen LogP) is 2.25. The molecule has 0 aliphatic carbocycles. The van der Waals surface area contributed by atoms with Crippen LogP contribution >= 0.6 is 0 Å². The molecule has 0 saturated carbocycles. The Bertz CT molecular complexity index is 1130. The van der Waals surface area contributed by atoms with Gasteiger partial charge in [0.05, 0.1) is 7.11 Å². The zero-order valence-corrected chi connectivity index (χ0v) is 18.1. The third kappa shape index (κ3) is 5.67. The number of methoxy groups -OCH3 is 1. The van der Waals surface area contributed by atoms with Gasteiger partial charge in [0.25, 0.3) is 5.91 Å². The molecule has 3 N–H and O–H groups in total. The van der Waals surface area contributed by atoms with Crippen molar-refractivity contribution in [2.75, 3.05) is 25.6 Å². The summed E-state index contributed by atoms with van der Waals surface area (Å²) >= 11 is 0. The molecule has 2 aromatic carbocycles. The molecule has 10 heteroatoms. The summed E-state index contributed by atoms with van der Waals surface area (Å²) in [6, 6.07) is 11.2. The van der Waals surface area contributed by atoms with Gasteiger partial charge in [0.2, 0.25) is 5.91 Å². The number of carboxylic acid groups (broad SMARTS) is 1. The lowest BCUT2D eigenvalue weighted by Crippen LogP contribution is -2.38. The van der Waals surface area contributed by atoms with Gasteiger partial charge in [-0.2, -0.15) is 0 Å². The second-order valence-corrected chi connectivity index (χ2v) is 7.03. The number of nitrogens with one attached hydrogen (secondary N) is 2. The third-order valence-electron chi connectivity index (χ3n) is 4.79. The van der Waals surface area contributed by atoms with Gasteiger partial charge in [-0.15, -0.1) is 0 Å². The number of ether oxygens (including phenoxy) is 2. The van der Waals surface area contributed by atoms with Gasteiger partial charge in [0.15, 0.2) is 18.1 Å². The zero-order valence-electron chi connectivity index (χ0n) is 18.1. The van der Waals surface area contributed by atoms with Gasteiger partial charge in [0, 0.05) is 5.69 Å². The summed E-state index contributed by atoms with van der Waals surface area (Å²) < 4.78 is 10.3. The van der Waals surface area contributed by atoms with Crippen LogP contribution in [-0.2, 0) is 20.8 Å². The molecule has 0 atom stereocenters. The van der Waals surface area contributed by atoms with E-state index in [1.165, 1.54) is 25.3 Å². The highest BCUT2D eigenvalue weighted by molar-refractivity contribution is 6.16. The second-order valence-electron chi connectivity index (χ2n) is 7.03. The van der Waals surface area contributed by atoms with Crippen molar-refractivity contribution < 1.29 is 33.8 Å². The molecule has 0 unspecified atom stereocenters. The Kier molecular flexibility index (Phi) is 7.29. The molecule has 10 nitrogen and oxygen atoms in total. The Morgan fingerprint density at radius 3 is 2.61 bits per heavy atom. The number of carbonyl (C=O) groups is 4. The number of amides is 4. The second kappa shape index (κ2) is 10.3. The molecule has 1 aliphatic rings. The fourth-order valence-electron chi connectivity index (χ4n) is 3.20. The first-order valence-corrected chi connectivity index (χ1v) is 10.1. The molecule has 33 heavy (non-hydrogen) atoms. The Morgan fingerprint density at radius 2 is 1.91 bits per heavy atom. The van der Waals surface area contributed by atoms with E-state index in [1.54, 1.807) is 18.2 Å². The summed E-state index contributed by atoms with van der Waals surface area (Å²) in [7, 11) is 1.39. The standard InChI is InChI=1S/C23H23N3O7/c1-3-15-6-4-5-7-16(15)24-20(27)12-26-22(30)17(25-23(26)31)10-14-8-9-18(19(11-14)32-2)33-13-21(28)29/h4-11H,3,12-13H2,1-2H3,(H,24,27)(H,25,31)(H,28,29)/b17-10+. The number of urea groups is 1. The quantitative estimate of drug-likeness (QED) is 0.392. The highest BCUT2D eigenvalue weighted by atomic mass is 16.5. The molecule has 2 aromatic rings. The maximum atomic E-state index is 12.7. The number of carbonyl (C=O) groups excluding carboxylic acids is 3. The lowest BCUT2D eigenvalue weighted by Gasteiger charge is -2.13. The molecule has 4 amide bonds. The minimum Gasteiger partial charge on any atom is -0.493 e. The smallest absolute Gasteiger partial charge is 0.341 e. The number of carboxylic acids is 1. The van der Waals surface area contributed by atoms with E-state index in [2.05, 4.69) is 10.6 Å². The van der Waals surface area contributed by atoms with Crippen LogP contribution in [0.25, 0.3) is 6.08 Å². The van der Waals surface area contributed by atoms with Gasteiger partial charge in [-0.05, 0) is 41.8 Å². The Labute approximate surface area is 189 Å². The predicted molar refractivity (Wildman–Crippen MR) is 119 cm³/mol. The van der Waals surface area contributed by atoms with Crippen molar-refractivity contribution in [3.8, 4) is 11.5 Å². The average molecular weight is 453 g/mol. The van der Waals surface area contributed by atoms with E-state index >= 15 is 0 Å². The molecule has 0 aromatic heterocycles. The molecule has 3 rings (SSSR count). The number of hydrogen-bond donors (Lipinski definition) is 3. The van der Waals surface area contributed by atoms with E-state index in [4.69, 9.17) is 14.6 Å². The third-order valence-corrected chi connectivity index (χ3v) is 4.79. The molecule has 1 saturated heterocycles. The number of imide groups is 1. The van der Waals surface area contributed by atoms with Crippen LogP contribution in [0.5, 0.6) is 11.5 Å². The largest absolute Gasteiger partial charge is 0.493 e.